The molecule has 1 amide bonds. The molecule has 2 N–H and O–H groups in total. The molecule has 1 fully saturated rings. The van der Waals surface area contributed by atoms with E-state index in [1.165, 1.54) is 0 Å². The Kier molecular flexibility index (Phi) is 4.07. The molecule has 0 saturated heterocycles. The van der Waals surface area contributed by atoms with E-state index >= 15 is 0 Å². The van der Waals surface area contributed by atoms with E-state index in [0.29, 0.717) is 0 Å². The van der Waals surface area contributed by atoms with Gasteiger partial charge in [-0.15, -0.1) is 0 Å². The Morgan fingerprint density at radius 2 is 1.86 bits per heavy atom. The van der Waals surface area contributed by atoms with Crippen molar-refractivity contribution in [2.24, 2.45) is 5.92 Å². The minimum Gasteiger partial charge on any atom is -0.387 e. The van der Waals surface area contributed by atoms with E-state index in [2.05, 4.69) is 5.32 Å². The van der Waals surface area contributed by atoms with Gasteiger partial charge in [-0.2, -0.15) is 0 Å². The third-order valence-corrected chi connectivity index (χ3v) is 2.81. The molecule has 1 aliphatic rings. The van der Waals surface area contributed by atoms with E-state index in [9.17, 15) is 9.59 Å². The number of carbonyl (C=O) groups is 2. The highest BCUT2D eigenvalue weighted by Crippen LogP contribution is 2.24. The Balaban J connectivity index is 2.29. The van der Waals surface area contributed by atoms with E-state index in [0.717, 1.165) is 25.7 Å². The summed E-state index contributed by atoms with van der Waals surface area (Å²) < 4.78 is 0. The molecule has 0 bridgehead atoms. The highest BCUT2D eigenvalue weighted by atomic mass is 16.3. The lowest BCUT2D eigenvalue weighted by atomic mass is 9.84. The van der Waals surface area contributed by atoms with Crippen molar-refractivity contribution >= 4 is 11.7 Å². The van der Waals surface area contributed by atoms with Crippen molar-refractivity contribution in [1.82, 2.24) is 5.32 Å². The van der Waals surface area contributed by atoms with Crippen LogP contribution in [-0.2, 0) is 9.59 Å². The van der Waals surface area contributed by atoms with Gasteiger partial charge in [0.05, 0.1) is 0 Å². The van der Waals surface area contributed by atoms with Crippen molar-refractivity contribution in [3.05, 3.63) is 0 Å². The molecule has 0 aromatic rings. The molecule has 1 aliphatic carbocycles. The summed E-state index contributed by atoms with van der Waals surface area (Å²) in [7, 11) is 0. The zero-order valence-electron chi connectivity index (χ0n) is 8.45. The predicted molar refractivity (Wildman–Crippen MR) is 51.7 cm³/mol. The highest BCUT2D eigenvalue weighted by Gasteiger charge is 2.24. The van der Waals surface area contributed by atoms with Gasteiger partial charge in [-0.05, 0) is 32.6 Å². The van der Waals surface area contributed by atoms with Crippen LogP contribution in [0.5, 0.6) is 0 Å². The van der Waals surface area contributed by atoms with Crippen molar-refractivity contribution in [1.29, 1.82) is 0 Å². The Hall–Kier alpha value is -0.900. The van der Waals surface area contributed by atoms with Gasteiger partial charge >= 0.3 is 0 Å². The summed E-state index contributed by atoms with van der Waals surface area (Å²) in [5.41, 5.74) is 0. The van der Waals surface area contributed by atoms with E-state index in [1.54, 1.807) is 6.92 Å². The summed E-state index contributed by atoms with van der Waals surface area (Å²) in [5.74, 6) is 0.102. The number of aliphatic hydroxyl groups is 1. The van der Waals surface area contributed by atoms with Gasteiger partial charge in [0.15, 0.2) is 0 Å². The van der Waals surface area contributed by atoms with Gasteiger partial charge in [0.2, 0.25) is 5.91 Å². The minimum atomic E-state index is -0.452. The maximum Gasteiger partial charge on any atom is 0.245 e. The van der Waals surface area contributed by atoms with E-state index < -0.39 is 6.61 Å². The molecule has 4 heteroatoms. The first kappa shape index (κ1) is 11.2. The molecular weight excluding hydrogens is 182 g/mol. The van der Waals surface area contributed by atoms with Crippen molar-refractivity contribution in [2.75, 3.05) is 6.61 Å². The molecule has 1 saturated carbocycles. The monoisotopic (exact) mass is 199 g/mol. The average molecular weight is 199 g/mol. The number of hydrogen-bond donors (Lipinski definition) is 2. The van der Waals surface area contributed by atoms with Gasteiger partial charge in [0.25, 0.3) is 0 Å². The number of nitrogens with one attached hydrogen (secondary N) is 1. The topological polar surface area (TPSA) is 66.4 Å². The molecule has 0 aliphatic heterocycles. The first-order valence-corrected chi connectivity index (χ1v) is 5.04. The van der Waals surface area contributed by atoms with Crippen molar-refractivity contribution in [3.8, 4) is 0 Å². The van der Waals surface area contributed by atoms with E-state index in [-0.39, 0.29) is 23.7 Å². The molecule has 0 aromatic carbocycles. The Morgan fingerprint density at radius 1 is 1.29 bits per heavy atom. The van der Waals surface area contributed by atoms with Crippen LogP contribution in [0.3, 0.4) is 0 Å². The van der Waals surface area contributed by atoms with E-state index in [1.807, 2.05) is 0 Å². The molecule has 0 atom stereocenters. The Bertz CT molecular complexity index is 219. The fourth-order valence-corrected chi connectivity index (χ4v) is 1.92. The second kappa shape index (κ2) is 5.10. The number of Topliss-reactive ketones (excluding diaryl/α,β-unsaturated/α-hetero) is 1. The van der Waals surface area contributed by atoms with Crippen LogP contribution >= 0.6 is 0 Å². The quantitative estimate of drug-likeness (QED) is 0.684. The zero-order chi connectivity index (χ0) is 10.6. The number of carbonyl (C=O) groups excluding carboxylic acids is 2. The van der Waals surface area contributed by atoms with Crippen molar-refractivity contribution < 1.29 is 14.7 Å². The highest BCUT2D eigenvalue weighted by molar-refractivity contribution is 5.79. The maximum atomic E-state index is 11.1. The lowest BCUT2D eigenvalue weighted by Gasteiger charge is -2.27. The second-order valence-electron chi connectivity index (χ2n) is 3.88. The molecule has 14 heavy (non-hydrogen) atoms. The summed E-state index contributed by atoms with van der Waals surface area (Å²) in [6.07, 6.45) is 3.39. The van der Waals surface area contributed by atoms with Crippen LogP contribution in [0, 0.1) is 5.92 Å². The maximum absolute atomic E-state index is 11.1. The third kappa shape index (κ3) is 3.10. The summed E-state index contributed by atoms with van der Waals surface area (Å²) in [5, 5.41) is 11.3. The summed E-state index contributed by atoms with van der Waals surface area (Å²) >= 11 is 0. The van der Waals surface area contributed by atoms with Crippen LogP contribution in [0.15, 0.2) is 0 Å². The van der Waals surface area contributed by atoms with Crippen LogP contribution in [0.25, 0.3) is 0 Å². The normalized spacial score (nSPS) is 27.0. The van der Waals surface area contributed by atoms with Crippen LogP contribution in [0.4, 0.5) is 0 Å². The summed E-state index contributed by atoms with van der Waals surface area (Å²) in [6, 6.07) is 0.144. The van der Waals surface area contributed by atoms with Gasteiger partial charge < -0.3 is 10.4 Å². The molecule has 0 spiro atoms. The Labute approximate surface area is 83.7 Å². The number of amides is 1. The first-order chi connectivity index (χ1) is 6.63. The van der Waals surface area contributed by atoms with Gasteiger partial charge in [-0.3, -0.25) is 9.59 Å². The standard InChI is InChI=1S/C10H17NO3/c1-7(13)8-2-4-9(5-3-8)11-10(14)6-12/h8-9,12H,2-6H2,1H3,(H,11,14). The predicted octanol–water partition coefficient (Wildman–Crippen LogP) is 0.243. The fourth-order valence-electron chi connectivity index (χ4n) is 1.92. The molecule has 4 nitrogen and oxygen atoms in total. The largest absolute Gasteiger partial charge is 0.387 e. The van der Waals surface area contributed by atoms with E-state index in [4.69, 9.17) is 5.11 Å². The molecule has 80 valence electrons. The fraction of sp³-hybridized carbons (Fsp3) is 0.800. The molecule has 0 heterocycles. The number of ketones is 1. The SMILES string of the molecule is CC(=O)C1CCC(NC(=O)CO)CC1. The molecule has 0 aromatic heterocycles. The molecule has 1 rings (SSSR count). The summed E-state index contributed by atoms with van der Waals surface area (Å²) in [4.78, 5) is 21.9. The third-order valence-electron chi connectivity index (χ3n) is 2.81. The summed E-state index contributed by atoms with van der Waals surface area (Å²) in [6.45, 7) is 1.17. The van der Waals surface area contributed by atoms with Crippen LogP contribution in [0.2, 0.25) is 0 Å². The smallest absolute Gasteiger partial charge is 0.245 e. The zero-order valence-corrected chi connectivity index (χ0v) is 8.45. The van der Waals surface area contributed by atoms with Crippen molar-refractivity contribution in [3.63, 3.8) is 0 Å². The van der Waals surface area contributed by atoms with Gasteiger partial charge in [-0.1, -0.05) is 0 Å². The second-order valence-corrected chi connectivity index (χ2v) is 3.88. The molecule has 0 radical (unpaired) electrons. The average Bonchev–Trinajstić information content (AvgIpc) is 2.18. The minimum absolute atomic E-state index is 0.144. The van der Waals surface area contributed by atoms with Crippen molar-refractivity contribution in [2.45, 2.75) is 38.6 Å². The van der Waals surface area contributed by atoms with Gasteiger partial charge in [-0.25, -0.2) is 0 Å². The van der Waals surface area contributed by atoms with Crippen LogP contribution < -0.4 is 5.32 Å². The van der Waals surface area contributed by atoms with Gasteiger partial charge in [0, 0.05) is 12.0 Å². The van der Waals surface area contributed by atoms with Crippen LogP contribution in [0.1, 0.15) is 32.6 Å². The molecule has 0 unspecified atom stereocenters. The molecular formula is C10H17NO3. The number of aliphatic hydroxyl groups excluding tert-OH is 1. The Morgan fingerprint density at radius 3 is 2.29 bits per heavy atom. The lowest BCUT2D eigenvalue weighted by molar-refractivity contribution is -0.125. The van der Waals surface area contributed by atoms with Gasteiger partial charge in [0.1, 0.15) is 12.4 Å². The number of hydrogen-bond acceptors (Lipinski definition) is 3. The first-order valence-electron chi connectivity index (χ1n) is 5.04. The lowest BCUT2D eigenvalue weighted by Crippen LogP contribution is -2.39. The van der Waals surface area contributed by atoms with Crippen LogP contribution in [-0.4, -0.2) is 29.4 Å². The number of rotatable bonds is 3.